The highest BCUT2D eigenvalue weighted by atomic mass is 32.2. The number of nitrogens with two attached hydrogens (primary N) is 1. The van der Waals surface area contributed by atoms with Crippen molar-refractivity contribution < 1.29 is 13.2 Å². The van der Waals surface area contributed by atoms with Gasteiger partial charge >= 0.3 is 0 Å². The van der Waals surface area contributed by atoms with Gasteiger partial charge in [0, 0.05) is 11.4 Å². The number of carbonyl (C=O) groups excluding carboxylic acids is 1. The summed E-state index contributed by atoms with van der Waals surface area (Å²) in [7, 11) is -3.82. The monoisotopic (exact) mass is 489 g/mol. The Morgan fingerprint density at radius 3 is 2.94 bits per heavy atom. The van der Waals surface area contributed by atoms with E-state index in [1.165, 1.54) is 40.1 Å². The molecule has 1 amide bonds. The number of imidazole rings is 1. The summed E-state index contributed by atoms with van der Waals surface area (Å²) in [4.78, 5) is 18.4. The summed E-state index contributed by atoms with van der Waals surface area (Å²) in [5.41, 5.74) is 2.95. The zero-order chi connectivity index (χ0) is 23.0. The van der Waals surface area contributed by atoms with Gasteiger partial charge in [-0.2, -0.15) is 5.26 Å². The van der Waals surface area contributed by atoms with Crippen LogP contribution in [0.3, 0.4) is 0 Å². The van der Waals surface area contributed by atoms with Gasteiger partial charge in [0.15, 0.2) is 5.16 Å². The maximum absolute atomic E-state index is 12.7. The van der Waals surface area contributed by atoms with Crippen molar-refractivity contribution in [1.29, 1.82) is 5.26 Å². The zero-order valence-electron chi connectivity index (χ0n) is 17.7. The number of anilines is 1. The number of nitrogens with zero attached hydrogens (tertiary/aromatic N) is 3. The Kier molecular flexibility index (Phi) is 6.31. The summed E-state index contributed by atoms with van der Waals surface area (Å²) in [6.45, 7) is 4.77. The molecule has 2 aromatic heterocycles. The Balaban J connectivity index is 1.52. The van der Waals surface area contributed by atoms with Crippen molar-refractivity contribution in [1.82, 2.24) is 9.55 Å². The van der Waals surface area contributed by atoms with Gasteiger partial charge in [0.05, 0.1) is 27.2 Å². The van der Waals surface area contributed by atoms with Crippen LogP contribution in [0.2, 0.25) is 0 Å². The minimum absolute atomic E-state index is 0.0000553. The summed E-state index contributed by atoms with van der Waals surface area (Å²) >= 11 is 2.77. The summed E-state index contributed by atoms with van der Waals surface area (Å²) in [6, 6.07) is 6.83. The van der Waals surface area contributed by atoms with E-state index in [1.807, 2.05) is 11.5 Å². The molecule has 0 spiro atoms. The average molecular weight is 490 g/mol. The molecular weight excluding hydrogens is 466 g/mol. The molecule has 1 aliphatic carbocycles. The van der Waals surface area contributed by atoms with E-state index in [0.29, 0.717) is 33.7 Å². The molecule has 2 heterocycles. The van der Waals surface area contributed by atoms with Crippen LogP contribution in [0, 0.1) is 17.2 Å². The second-order valence-electron chi connectivity index (χ2n) is 7.84. The molecule has 8 nitrogen and oxygen atoms in total. The fourth-order valence-corrected chi connectivity index (χ4v) is 6.72. The van der Waals surface area contributed by atoms with E-state index in [-0.39, 0.29) is 16.6 Å². The fourth-order valence-electron chi connectivity index (χ4n) is 3.93. The van der Waals surface area contributed by atoms with Gasteiger partial charge in [-0.25, -0.2) is 18.5 Å². The number of hydrogen-bond acceptors (Lipinski definition) is 7. The summed E-state index contributed by atoms with van der Waals surface area (Å²) < 4.78 is 25.2. The molecule has 4 rings (SSSR count). The highest BCUT2D eigenvalue weighted by molar-refractivity contribution is 7.99. The van der Waals surface area contributed by atoms with Crippen LogP contribution < -0.4 is 10.5 Å². The maximum atomic E-state index is 12.7. The first-order valence-electron chi connectivity index (χ1n) is 10.2. The zero-order valence-corrected chi connectivity index (χ0v) is 20.2. The largest absolute Gasteiger partial charge is 0.319 e. The van der Waals surface area contributed by atoms with Crippen molar-refractivity contribution in [3.05, 3.63) is 34.2 Å². The number of aromatic nitrogens is 2. The van der Waals surface area contributed by atoms with E-state index < -0.39 is 10.0 Å². The highest BCUT2D eigenvalue weighted by Crippen LogP contribution is 2.39. The number of hydrogen-bond donors (Lipinski definition) is 2. The number of thiophene rings is 1. The second kappa shape index (κ2) is 8.86. The molecule has 168 valence electrons. The third kappa shape index (κ3) is 4.41. The van der Waals surface area contributed by atoms with Crippen LogP contribution in [0.4, 0.5) is 5.00 Å². The standard InChI is InChI=1S/C21H23N5O3S3/c1-3-26-17-7-5-13(32(23,28)29)9-16(17)24-21(26)30-11-19(27)25-20-15(10-22)14-6-4-12(2)8-18(14)31-20/h5,7,9,12H,3-4,6,8,11H2,1-2H3,(H,25,27)(H2,23,28,29)/t12-/m0/s1. The van der Waals surface area contributed by atoms with E-state index in [2.05, 4.69) is 23.3 Å². The molecule has 32 heavy (non-hydrogen) atoms. The van der Waals surface area contributed by atoms with E-state index in [1.54, 1.807) is 6.07 Å². The van der Waals surface area contributed by atoms with E-state index in [9.17, 15) is 18.5 Å². The first-order valence-corrected chi connectivity index (χ1v) is 13.6. The Bertz CT molecular complexity index is 1350. The number of sulfonamides is 1. The number of amides is 1. The van der Waals surface area contributed by atoms with Crippen molar-refractivity contribution in [3.8, 4) is 6.07 Å². The molecule has 0 saturated carbocycles. The van der Waals surface area contributed by atoms with Gasteiger partial charge in [0.2, 0.25) is 15.9 Å². The molecule has 0 unspecified atom stereocenters. The van der Waals surface area contributed by atoms with Crippen LogP contribution in [-0.4, -0.2) is 29.6 Å². The van der Waals surface area contributed by atoms with Gasteiger partial charge in [-0.15, -0.1) is 11.3 Å². The van der Waals surface area contributed by atoms with Gasteiger partial charge in [0.1, 0.15) is 11.1 Å². The second-order valence-corrected chi connectivity index (χ2v) is 11.4. The van der Waals surface area contributed by atoms with Gasteiger partial charge in [-0.05, 0) is 55.9 Å². The maximum Gasteiger partial charge on any atom is 0.238 e. The highest BCUT2D eigenvalue weighted by Gasteiger charge is 2.25. The lowest BCUT2D eigenvalue weighted by molar-refractivity contribution is -0.113. The van der Waals surface area contributed by atoms with Crippen LogP contribution in [-0.2, 0) is 34.2 Å². The van der Waals surface area contributed by atoms with Crippen molar-refractivity contribution in [3.63, 3.8) is 0 Å². The van der Waals surface area contributed by atoms with Gasteiger partial charge in [-0.3, -0.25) is 4.79 Å². The Labute approximate surface area is 194 Å². The molecule has 3 aromatic rings. The number of fused-ring (bicyclic) bond motifs is 2. The minimum atomic E-state index is -3.82. The number of primary sulfonamides is 1. The summed E-state index contributed by atoms with van der Waals surface area (Å²) in [5, 5.41) is 19.0. The molecule has 0 fully saturated rings. The van der Waals surface area contributed by atoms with E-state index in [0.717, 1.165) is 30.3 Å². The first-order chi connectivity index (χ1) is 15.2. The Hall–Kier alpha value is -2.39. The van der Waals surface area contributed by atoms with Crippen LogP contribution in [0.15, 0.2) is 28.3 Å². The van der Waals surface area contributed by atoms with Crippen LogP contribution in [0.5, 0.6) is 0 Å². The lowest BCUT2D eigenvalue weighted by Crippen LogP contribution is -2.14. The lowest BCUT2D eigenvalue weighted by Gasteiger charge is -2.17. The molecule has 1 atom stereocenters. The number of rotatable bonds is 6. The number of nitriles is 1. The Morgan fingerprint density at radius 1 is 1.47 bits per heavy atom. The molecule has 0 radical (unpaired) electrons. The lowest BCUT2D eigenvalue weighted by atomic mass is 9.89. The van der Waals surface area contributed by atoms with Crippen molar-refractivity contribution in [2.75, 3.05) is 11.1 Å². The third-order valence-electron chi connectivity index (χ3n) is 5.54. The van der Waals surface area contributed by atoms with Gasteiger partial charge in [0.25, 0.3) is 0 Å². The average Bonchev–Trinajstić information content (AvgIpc) is 3.26. The number of thioether (sulfide) groups is 1. The number of nitrogens with one attached hydrogen (secondary N) is 1. The van der Waals surface area contributed by atoms with Crippen LogP contribution in [0.25, 0.3) is 11.0 Å². The van der Waals surface area contributed by atoms with Gasteiger partial charge in [-0.1, -0.05) is 18.7 Å². The smallest absolute Gasteiger partial charge is 0.238 e. The topological polar surface area (TPSA) is 131 Å². The normalized spacial score (nSPS) is 16.0. The number of aryl methyl sites for hydroxylation is 1. The SMILES string of the molecule is CCn1c(SCC(=O)Nc2sc3c(c2C#N)CC[C@H](C)C3)nc2cc(S(N)(=O)=O)ccc21. The first kappa shape index (κ1) is 22.8. The minimum Gasteiger partial charge on any atom is -0.319 e. The quantitative estimate of drug-likeness (QED) is 0.510. The Morgan fingerprint density at radius 2 is 2.25 bits per heavy atom. The molecule has 1 aromatic carbocycles. The van der Waals surface area contributed by atoms with Gasteiger partial charge < -0.3 is 9.88 Å². The molecular formula is C21H23N5O3S3. The predicted molar refractivity (Wildman–Crippen MR) is 126 cm³/mol. The molecule has 3 N–H and O–H groups in total. The van der Waals surface area contributed by atoms with Crippen molar-refractivity contribution in [2.24, 2.45) is 11.1 Å². The fraction of sp³-hybridized carbons (Fsp3) is 0.381. The van der Waals surface area contributed by atoms with Crippen LogP contribution >= 0.6 is 23.1 Å². The van der Waals surface area contributed by atoms with Crippen molar-refractivity contribution >= 4 is 55.1 Å². The predicted octanol–water partition coefficient (Wildman–Crippen LogP) is 3.49. The van der Waals surface area contributed by atoms with Crippen LogP contribution in [0.1, 0.15) is 36.3 Å². The molecule has 0 aliphatic heterocycles. The molecule has 0 saturated heterocycles. The van der Waals surface area contributed by atoms with E-state index in [4.69, 9.17) is 5.14 Å². The number of carbonyl (C=O) groups is 1. The molecule has 11 heteroatoms. The molecule has 1 aliphatic rings. The molecule has 0 bridgehead atoms. The van der Waals surface area contributed by atoms with E-state index >= 15 is 0 Å². The number of benzene rings is 1. The third-order valence-corrected chi connectivity index (χ3v) is 8.60. The summed E-state index contributed by atoms with van der Waals surface area (Å²) in [5.74, 6) is 0.497. The van der Waals surface area contributed by atoms with Crippen molar-refractivity contribution in [2.45, 2.75) is 49.7 Å². The summed E-state index contributed by atoms with van der Waals surface area (Å²) in [6.07, 6.45) is 2.88.